The van der Waals surface area contributed by atoms with E-state index in [1.807, 2.05) is 0 Å². The molecule has 2 heterocycles. The molecule has 0 spiro atoms. The molecule has 0 amide bonds. The summed E-state index contributed by atoms with van der Waals surface area (Å²) in [5.41, 5.74) is -0.0540. The van der Waals surface area contributed by atoms with Gasteiger partial charge in [0.15, 0.2) is 23.9 Å². The molecule has 15 nitrogen and oxygen atoms in total. The third-order valence-corrected chi connectivity index (χ3v) is 7.01. The lowest BCUT2D eigenvalue weighted by Gasteiger charge is -2.47. The van der Waals surface area contributed by atoms with Crippen molar-refractivity contribution in [2.45, 2.75) is 80.4 Å². The number of aliphatic hydroxyl groups excluding tert-OH is 7. The van der Waals surface area contributed by atoms with Gasteiger partial charge in [-0.25, -0.2) is 0 Å². The van der Waals surface area contributed by atoms with Gasteiger partial charge in [-0.15, -0.1) is 0 Å². The Labute approximate surface area is 226 Å². The van der Waals surface area contributed by atoms with Crippen LogP contribution in [-0.2, 0) is 15.9 Å². The topological polar surface area (TPSA) is 270 Å². The predicted octanol–water partition coefficient (Wildman–Crippen LogP) is -2.84. The van der Waals surface area contributed by atoms with Gasteiger partial charge in [0, 0.05) is 29.7 Å². The van der Waals surface area contributed by atoms with Crippen LogP contribution in [0.2, 0.25) is 0 Å². The zero-order valence-corrected chi connectivity index (χ0v) is 21.0. The molecule has 2 aromatic carbocycles. The Bertz CT molecular complexity index is 1210. The lowest BCUT2D eigenvalue weighted by Crippen LogP contribution is -2.65. The maximum absolute atomic E-state index is 11.7. The summed E-state index contributed by atoms with van der Waals surface area (Å²) in [5, 5.41) is 123. The van der Waals surface area contributed by atoms with Crippen molar-refractivity contribution in [2.24, 2.45) is 0 Å². The minimum Gasteiger partial charge on any atom is -0.508 e. The first kappa shape index (κ1) is 30.0. The molecule has 1 saturated heterocycles. The molecule has 2 aliphatic rings. The average Bonchev–Trinajstić information content (AvgIpc) is 2.89. The van der Waals surface area contributed by atoms with Crippen molar-refractivity contribution in [1.29, 1.82) is 0 Å². The van der Waals surface area contributed by atoms with E-state index >= 15 is 0 Å². The van der Waals surface area contributed by atoms with Gasteiger partial charge in [0.25, 0.3) is 0 Å². The number of rotatable bonds is 7. The highest BCUT2D eigenvalue weighted by Crippen LogP contribution is 2.48. The Morgan fingerprint density at radius 1 is 0.850 bits per heavy atom. The summed E-state index contributed by atoms with van der Waals surface area (Å²) >= 11 is 0. The first-order valence-electron chi connectivity index (χ1n) is 12.2. The van der Waals surface area contributed by atoms with Crippen LogP contribution >= 0.6 is 0 Å². The third-order valence-electron chi connectivity index (χ3n) is 7.01. The van der Waals surface area contributed by atoms with Crippen molar-refractivity contribution in [3.8, 4) is 28.7 Å². The minimum atomic E-state index is -2.59. The Hall–Kier alpha value is -2.96. The highest BCUT2D eigenvalue weighted by molar-refractivity contribution is 5.52. The van der Waals surface area contributed by atoms with Gasteiger partial charge in [-0.1, -0.05) is 6.07 Å². The molecule has 0 saturated carbocycles. The van der Waals surface area contributed by atoms with Crippen LogP contribution in [0.25, 0.3) is 0 Å². The fourth-order valence-corrected chi connectivity index (χ4v) is 4.74. The van der Waals surface area contributed by atoms with Crippen LogP contribution in [0.3, 0.4) is 0 Å². The van der Waals surface area contributed by atoms with Gasteiger partial charge >= 0.3 is 0 Å². The van der Waals surface area contributed by atoms with Crippen LogP contribution in [0.15, 0.2) is 30.3 Å². The Morgan fingerprint density at radius 2 is 1.52 bits per heavy atom. The molecular formula is C25H32O15. The third kappa shape index (κ3) is 5.48. The average molecular weight is 573 g/mol. The quantitative estimate of drug-likeness (QED) is 0.118. The highest BCUT2D eigenvalue weighted by Gasteiger charge is 2.54. The van der Waals surface area contributed by atoms with E-state index < -0.39 is 90.7 Å². The van der Waals surface area contributed by atoms with Crippen molar-refractivity contribution >= 4 is 0 Å². The summed E-state index contributed by atoms with van der Waals surface area (Å²) in [6.07, 6.45) is -20.0. The summed E-state index contributed by atoms with van der Waals surface area (Å²) in [4.78, 5) is 0. The molecule has 4 rings (SSSR count). The molecule has 0 aliphatic carbocycles. The SMILES string of the molecule is C[C@@H](O)[C@@H](O)[C@H](O)[C@@H](O)[C@H]1OC(OC2(O)Cc3c(O)cc(O)cc3OC2c2ccc(O)c(O)c2)[C@H](O)[C@@H](O)[C@@H]1O. The number of phenolic OH excluding ortho intramolecular Hbond substituents is 4. The maximum atomic E-state index is 11.7. The maximum Gasteiger partial charge on any atom is 0.214 e. The van der Waals surface area contributed by atoms with E-state index in [4.69, 9.17) is 14.2 Å². The molecule has 11 atom stereocenters. The largest absolute Gasteiger partial charge is 0.508 e. The standard InChI is InChI=1S/C25H32O15/c1-8(26)16(31)17(32)19(34)22-20(35)18(33)21(36)24(39-22)40-25(37)7-11-13(29)5-10(27)6-15(11)38-23(25)9-2-3-12(28)14(30)4-9/h2-6,8,16-24,26-37H,7H2,1H3/t8-,16-,17+,18+,19-,20+,21-,22-,23?,24?,25?/m1/s1. The first-order chi connectivity index (χ1) is 18.6. The second kappa shape index (κ2) is 11.1. The zero-order chi connectivity index (χ0) is 29.7. The Balaban J connectivity index is 1.70. The number of hydrogen-bond donors (Lipinski definition) is 12. The fourth-order valence-electron chi connectivity index (χ4n) is 4.74. The molecule has 40 heavy (non-hydrogen) atoms. The lowest BCUT2D eigenvalue weighted by atomic mass is 9.89. The number of benzene rings is 2. The molecule has 222 valence electrons. The summed E-state index contributed by atoms with van der Waals surface area (Å²) in [5.74, 6) is -4.67. The molecule has 3 unspecified atom stereocenters. The summed E-state index contributed by atoms with van der Waals surface area (Å²) in [7, 11) is 0. The zero-order valence-electron chi connectivity index (χ0n) is 21.0. The van der Waals surface area contributed by atoms with E-state index in [0.29, 0.717) is 0 Å². The van der Waals surface area contributed by atoms with E-state index in [2.05, 4.69) is 0 Å². The molecule has 0 aromatic heterocycles. The van der Waals surface area contributed by atoms with Crippen LogP contribution < -0.4 is 4.74 Å². The Morgan fingerprint density at radius 3 is 2.15 bits per heavy atom. The van der Waals surface area contributed by atoms with E-state index in [1.54, 1.807) is 0 Å². The summed E-state index contributed by atoms with van der Waals surface area (Å²) < 4.78 is 16.9. The van der Waals surface area contributed by atoms with Crippen molar-refractivity contribution in [3.63, 3.8) is 0 Å². The van der Waals surface area contributed by atoms with E-state index in [9.17, 15) is 61.3 Å². The van der Waals surface area contributed by atoms with Gasteiger partial charge in [0.05, 0.1) is 6.10 Å². The number of phenols is 4. The van der Waals surface area contributed by atoms with Gasteiger partial charge in [0.1, 0.15) is 60.0 Å². The van der Waals surface area contributed by atoms with E-state index in [0.717, 1.165) is 31.2 Å². The van der Waals surface area contributed by atoms with Gasteiger partial charge in [0.2, 0.25) is 5.79 Å². The molecule has 0 bridgehead atoms. The van der Waals surface area contributed by atoms with Gasteiger partial charge in [-0.05, 0) is 19.1 Å². The monoisotopic (exact) mass is 572 g/mol. The number of fused-ring (bicyclic) bond motifs is 1. The van der Waals surface area contributed by atoms with Crippen molar-refractivity contribution in [2.75, 3.05) is 0 Å². The smallest absolute Gasteiger partial charge is 0.214 e. The van der Waals surface area contributed by atoms with Crippen molar-refractivity contribution < 1.29 is 75.5 Å². The van der Waals surface area contributed by atoms with Crippen LogP contribution in [0.5, 0.6) is 28.7 Å². The minimum absolute atomic E-state index is 0.00391. The molecule has 15 heteroatoms. The van der Waals surface area contributed by atoms with E-state index in [1.165, 1.54) is 6.07 Å². The number of hydrogen-bond acceptors (Lipinski definition) is 15. The van der Waals surface area contributed by atoms with Crippen LogP contribution in [0, 0.1) is 0 Å². The number of aliphatic hydroxyl groups is 8. The van der Waals surface area contributed by atoms with Gasteiger partial charge in [-0.2, -0.15) is 0 Å². The predicted molar refractivity (Wildman–Crippen MR) is 129 cm³/mol. The van der Waals surface area contributed by atoms with Crippen LogP contribution in [-0.4, -0.2) is 122 Å². The van der Waals surface area contributed by atoms with Gasteiger partial charge in [-0.3, -0.25) is 0 Å². The molecule has 2 aromatic rings. The molecule has 1 fully saturated rings. The normalized spacial score (nSPS) is 33.3. The van der Waals surface area contributed by atoms with Gasteiger partial charge < -0.3 is 75.5 Å². The lowest BCUT2D eigenvalue weighted by molar-refractivity contribution is -0.385. The number of ether oxygens (including phenoxy) is 3. The summed E-state index contributed by atoms with van der Waals surface area (Å²) in [6.45, 7) is 1.12. The number of aromatic hydroxyl groups is 4. The second-order valence-corrected chi connectivity index (χ2v) is 9.98. The Kier molecular flexibility index (Phi) is 8.35. The summed E-state index contributed by atoms with van der Waals surface area (Å²) in [6, 6.07) is 5.45. The van der Waals surface area contributed by atoms with Crippen LogP contribution in [0.1, 0.15) is 24.2 Å². The molecule has 2 aliphatic heterocycles. The fraction of sp³-hybridized carbons (Fsp3) is 0.520. The second-order valence-electron chi connectivity index (χ2n) is 9.98. The van der Waals surface area contributed by atoms with E-state index in [-0.39, 0.29) is 22.6 Å². The van der Waals surface area contributed by atoms with Crippen LogP contribution in [0.4, 0.5) is 0 Å². The highest BCUT2D eigenvalue weighted by atomic mass is 16.8. The molecule has 12 N–H and O–H groups in total. The first-order valence-corrected chi connectivity index (χ1v) is 12.2. The molecular weight excluding hydrogens is 540 g/mol. The van der Waals surface area contributed by atoms with Crippen molar-refractivity contribution in [1.82, 2.24) is 0 Å². The van der Waals surface area contributed by atoms with Crippen molar-refractivity contribution in [3.05, 3.63) is 41.5 Å². The molecule has 0 radical (unpaired) electrons.